The molecule has 0 saturated carbocycles. The maximum atomic E-state index is 9.88. The van der Waals surface area contributed by atoms with Crippen molar-refractivity contribution in [1.82, 2.24) is 4.90 Å². The van der Waals surface area contributed by atoms with Gasteiger partial charge in [0.1, 0.15) is 5.60 Å². The van der Waals surface area contributed by atoms with Gasteiger partial charge in [-0.3, -0.25) is 4.90 Å². The summed E-state index contributed by atoms with van der Waals surface area (Å²) in [4.78, 5) is 2.16. The molecule has 17 heavy (non-hydrogen) atoms. The second-order valence-corrected chi connectivity index (χ2v) is 4.87. The predicted molar refractivity (Wildman–Crippen MR) is 66.3 cm³/mol. The van der Waals surface area contributed by atoms with Crippen LogP contribution in [0.5, 0.6) is 0 Å². The van der Waals surface area contributed by atoms with Gasteiger partial charge in [0.25, 0.3) is 0 Å². The average Bonchev–Trinajstić information content (AvgIpc) is 2.28. The first-order chi connectivity index (χ1) is 8.15. The molecule has 1 aliphatic rings. The van der Waals surface area contributed by atoms with Crippen molar-refractivity contribution in [2.45, 2.75) is 31.9 Å². The number of rotatable bonds is 4. The lowest BCUT2D eigenvalue weighted by atomic mass is 9.90. The average molecular weight is 230 g/mol. The lowest BCUT2D eigenvalue weighted by Gasteiger charge is -2.45. The van der Waals surface area contributed by atoms with Gasteiger partial charge in [-0.15, -0.1) is 0 Å². The zero-order chi connectivity index (χ0) is 12.3. The van der Waals surface area contributed by atoms with E-state index in [1.54, 1.807) is 0 Å². The van der Waals surface area contributed by atoms with E-state index < -0.39 is 5.60 Å². The molecule has 3 nitrogen and oxygen atoms in total. The zero-order valence-corrected chi connectivity index (χ0v) is 10.2. The molecule has 0 spiro atoms. The number of benzene rings is 1. The number of hydrogen-bond acceptors (Lipinski definition) is 3. The van der Waals surface area contributed by atoms with Crippen LogP contribution in [-0.2, 0) is 13.0 Å². The van der Waals surface area contributed by atoms with Crippen molar-refractivity contribution >= 4 is 0 Å². The van der Waals surface area contributed by atoms with E-state index in [0.717, 1.165) is 13.0 Å². The molecule has 0 radical (unpaired) electrons. The van der Waals surface area contributed by atoms with Gasteiger partial charge in [0.05, 0.1) is 12.5 Å². The Kier molecular flexibility index (Phi) is 3.46. The van der Waals surface area contributed by atoms with E-state index in [-0.39, 0.29) is 6.42 Å². The molecule has 1 N–H and O–H groups in total. The van der Waals surface area contributed by atoms with Gasteiger partial charge in [0.15, 0.2) is 0 Å². The van der Waals surface area contributed by atoms with Gasteiger partial charge in [0.2, 0.25) is 0 Å². The fraction of sp³-hybridized carbons (Fsp3) is 0.500. The van der Waals surface area contributed by atoms with Gasteiger partial charge in [-0.05, 0) is 17.5 Å². The Morgan fingerprint density at radius 3 is 2.41 bits per heavy atom. The highest BCUT2D eigenvalue weighted by Gasteiger charge is 2.40. The summed E-state index contributed by atoms with van der Waals surface area (Å²) in [5.41, 5.74) is 1.84. The fourth-order valence-corrected chi connectivity index (χ4v) is 2.30. The predicted octanol–water partition coefficient (Wildman–Crippen LogP) is 1.71. The third-order valence-electron chi connectivity index (χ3n) is 3.28. The van der Waals surface area contributed by atoms with Crippen LogP contribution in [0.2, 0.25) is 0 Å². The summed E-state index contributed by atoms with van der Waals surface area (Å²) in [5.74, 6) is 0. The SMILES string of the molecule is CCc1ccc(CN2CC(O)(CC#N)C2)cc1. The van der Waals surface area contributed by atoms with Crippen molar-refractivity contribution in [2.24, 2.45) is 0 Å². The quantitative estimate of drug-likeness (QED) is 0.856. The molecule has 0 amide bonds. The molecular weight excluding hydrogens is 212 g/mol. The van der Waals surface area contributed by atoms with E-state index in [0.29, 0.717) is 13.1 Å². The number of aliphatic hydroxyl groups is 1. The number of nitriles is 1. The summed E-state index contributed by atoms with van der Waals surface area (Å²) in [6.07, 6.45) is 1.30. The minimum absolute atomic E-state index is 0.234. The first kappa shape index (κ1) is 12.1. The highest BCUT2D eigenvalue weighted by Crippen LogP contribution is 2.25. The molecule has 1 fully saturated rings. The molecular formula is C14H18N2O. The molecule has 1 heterocycles. The van der Waals surface area contributed by atoms with Crippen molar-refractivity contribution in [3.63, 3.8) is 0 Å². The normalized spacial score (nSPS) is 18.4. The molecule has 3 heteroatoms. The minimum Gasteiger partial charge on any atom is -0.386 e. The van der Waals surface area contributed by atoms with Crippen molar-refractivity contribution in [3.05, 3.63) is 35.4 Å². The van der Waals surface area contributed by atoms with Crippen molar-refractivity contribution in [2.75, 3.05) is 13.1 Å². The van der Waals surface area contributed by atoms with Crippen molar-refractivity contribution in [1.29, 1.82) is 5.26 Å². The zero-order valence-electron chi connectivity index (χ0n) is 10.2. The molecule has 0 bridgehead atoms. The Morgan fingerprint density at radius 1 is 1.29 bits per heavy atom. The van der Waals surface area contributed by atoms with Crippen LogP contribution in [-0.4, -0.2) is 28.7 Å². The third-order valence-corrected chi connectivity index (χ3v) is 3.28. The van der Waals surface area contributed by atoms with Gasteiger partial charge < -0.3 is 5.11 Å². The number of nitrogens with zero attached hydrogens (tertiary/aromatic N) is 2. The lowest BCUT2D eigenvalue weighted by Crippen LogP contribution is -2.60. The summed E-state index contributed by atoms with van der Waals surface area (Å²) in [6, 6.07) is 10.6. The molecule has 1 aliphatic heterocycles. The molecule has 0 atom stereocenters. The monoisotopic (exact) mass is 230 g/mol. The lowest BCUT2D eigenvalue weighted by molar-refractivity contribution is -0.0974. The Balaban J connectivity index is 1.85. The molecule has 1 aromatic rings. The van der Waals surface area contributed by atoms with Gasteiger partial charge in [0, 0.05) is 19.6 Å². The van der Waals surface area contributed by atoms with Crippen LogP contribution in [0.1, 0.15) is 24.5 Å². The summed E-state index contributed by atoms with van der Waals surface area (Å²) in [5, 5.41) is 18.4. The number of likely N-dealkylation sites (tertiary alicyclic amines) is 1. The molecule has 0 aliphatic carbocycles. The highest BCUT2D eigenvalue weighted by atomic mass is 16.3. The largest absolute Gasteiger partial charge is 0.386 e. The number of aryl methyl sites for hydroxylation is 1. The summed E-state index contributed by atoms with van der Waals surface area (Å²) in [7, 11) is 0. The maximum absolute atomic E-state index is 9.88. The first-order valence-corrected chi connectivity index (χ1v) is 6.05. The van der Waals surface area contributed by atoms with Crippen molar-refractivity contribution < 1.29 is 5.11 Å². The first-order valence-electron chi connectivity index (χ1n) is 6.05. The molecule has 2 rings (SSSR count). The summed E-state index contributed by atoms with van der Waals surface area (Å²) in [6.45, 7) is 4.22. The van der Waals surface area contributed by atoms with E-state index in [1.807, 2.05) is 6.07 Å². The Hall–Kier alpha value is -1.37. The van der Waals surface area contributed by atoms with Gasteiger partial charge in [-0.25, -0.2) is 0 Å². The van der Waals surface area contributed by atoms with E-state index in [2.05, 4.69) is 36.1 Å². The van der Waals surface area contributed by atoms with E-state index in [9.17, 15) is 5.11 Å². The third kappa shape index (κ3) is 2.85. The van der Waals surface area contributed by atoms with Crippen LogP contribution in [0, 0.1) is 11.3 Å². The van der Waals surface area contributed by atoms with Crippen LogP contribution in [0.4, 0.5) is 0 Å². The van der Waals surface area contributed by atoms with Gasteiger partial charge in [-0.2, -0.15) is 5.26 Å². The van der Waals surface area contributed by atoms with Crippen LogP contribution >= 0.6 is 0 Å². The molecule has 0 aromatic heterocycles. The van der Waals surface area contributed by atoms with Crippen LogP contribution < -0.4 is 0 Å². The van der Waals surface area contributed by atoms with Gasteiger partial charge in [-0.1, -0.05) is 31.2 Å². The number of β-amino-alcohol motifs (C(OH)–C–C–N with tert-alkyl or cyclic N) is 1. The van der Waals surface area contributed by atoms with E-state index in [4.69, 9.17) is 5.26 Å². The van der Waals surface area contributed by atoms with E-state index >= 15 is 0 Å². The molecule has 1 saturated heterocycles. The van der Waals surface area contributed by atoms with Crippen LogP contribution in [0.3, 0.4) is 0 Å². The number of hydrogen-bond donors (Lipinski definition) is 1. The van der Waals surface area contributed by atoms with Gasteiger partial charge >= 0.3 is 0 Å². The van der Waals surface area contributed by atoms with Crippen molar-refractivity contribution in [3.8, 4) is 6.07 Å². The van der Waals surface area contributed by atoms with Crippen LogP contribution in [0.15, 0.2) is 24.3 Å². The van der Waals surface area contributed by atoms with Crippen LogP contribution in [0.25, 0.3) is 0 Å². The topological polar surface area (TPSA) is 47.3 Å². The second kappa shape index (κ2) is 4.87. The Morgan fingerprint density at radius 2 is 1.88 bits per heavy atom. The Labute approximate surface area is 102 Å². The standard InChI is InChI=1S/C14H18N2O/c1-2-12-3-5-13(6-4-12)9-16-10-14(17,11-16)7-8-15/h3-6,17H,2,7,9-11H2,1H3. The molecule has 0 unspecified atom stereocenters. The summed E-state index contributed by atoms with van der Waals surface area (Å²) >= 11 is 0. The van der Waals surface area contributed by atoms with E-state index in [1.165, 1.54) is 11.1 Å². The fourth-order valence-electron chi connectivity index (χ4n) is 2.30. The summed E-state index contributed by atoms with van der Waals surface area (Å²) < 4.78 is 0. The maximum Gasteiger partial charge on any atom is 0.103 e. The highest BCUT2D eigenvalue weighted by molar-refractivity contribution is 5.23. The minimum atomic E-state index is -0.766. The molecule has 90 valence electrons. The second-order valence-electron chi connectivity index (χ2n) is 4.87. The Bertz CT molecular complexity index is 413. The molecule has 1 aromatic carbocycles. The smallest absolute Gasteiger partial charge is 0.103 e.